The molecule has 2 aromatic rings. The summed E-state index contributed by atoms with van der Waals surface area (Å²) in [4.78, 5) is 3.81. The van der Waals surface area contributed by atoms with Crippen molar-refractivity contribution in [2.75, 3.05) is 5.73 Å². The van der Waals surface area contributed by atoms with Crippen LogP contribution in [-0.2, 0) is 15.6 Å². The van der Waals surface area contributed by atoms with Crippen molar-refractivity contribution in [1.82, 2.24) is 4.98 Å². The topological polar surface area (TPSA) is 73.0 Å². The fourth-order valence-electron chi connectivity index (χ4n) is 1.59. The Bertz CT molecular complexity index is 717. The van der Waals surface area contributed by atoms with Gasteiger partial charge in [-0.25, -0.2) is 13.4 Å². The van der Waals surface area contributed by atoms with Crippen molar-refractivity contribution >= 4 is 38.7 Å². The molecule has 2 N–H and O–H groups in total. The monoisotopic (exact) mass is 316 g/mol. The molecule has 0 saturated heterocycles. The Morgan fingerprint density at radius 1 is 1.21 bits per heavy atom. The van der Waals surface area contributed by atoms with E-state index in [0.717, 1.165) is 0 Å². The molecule has 0 atom stereocenters. The molecule has 100 valence electrons. The van der Waals surface area contributed by atoms with Gasteiger partial charge in [0.1, 0.15) is 0 Å². The Hall–Kier alpha value is -1.30. The number of nitrogens with zero attached hydrogens (tertiary/aromatic N) is 1. The summed E-state index contributed by atoms with van der Waals surface area (Å²) in [6.45, 7) is 0. The first-order chi connectivity index (χ1) is 8.90. The number of rotatable bonds is 3. The zero-order valence-electron chi connectivity index (χ0n) is 9.68. The first-order valence-electron chi connectivity index (χ1n) is 5.27. The molecule has 1 aromatic heterocycles. The minimum Gasteiger partial charge on any atom is -0.396 e. The van der Waals surface area contributed by atoms with Crippen molar-refractivity contribution in [2.24, 2.45) is 0 Å². The van der Waals surface area contributed by atoms with Gasteiger partial charge in [0.2, 0.25) is 9.84 Å². The molecule has 0 bridgehead atoms. The molecule has 0 amide bonds. The molecule has 1 heterocycles. The second-order valence-electron chi connectivity index (χ2n) is 3.89. The van der Waals surface area contributed by atoms with E-state index in [1.807, 2.05) is 0 Å². The van der Waals surface area contributed by atoms with E-state index in [1.54, 1.807) is 18.2 Å². The van der Waals surface area contributed by atoms with Gasteiger partial charge in [-0.1, -0.05) is 23.2 Å². The number of pyridine rings is 1. The highest BCUT2D eigenvalue weighted by Gasteiger charge is 2.21. The van der Waals surface area contributed by atoms with Gasteiger partial charge in [-0.2, -0.15) is 0 Å². The highest BCUT2D eigenvalue weighted by molar-refractivity contribution is 7.90. The van der Waals surface area contributed by atoms with Crippen LogP contribution in [0.15, 0.2) is 41.6 Å². The van der Waals surface area contributed by atoms with Crippen LogP contribution in [0.3, 0.4) is 0 Å². The van der Waals surface area contributed by atoms with Gasteiger partial charge in [0.05, 0.1) is 11.4 Å². The van der Waals surface area contributed by atoms with Crippen molar-refractivity contribution in [3.05, 3.63) is 52.1 Å². The summed E-state index contributed by atoms with van der Waals surface area (Å²) >= 11 is 11.8. The van der Waals surface area contributed by atoms with Crippen LogP contribution in [-0.4, -0.2) is 13.4 Å². The highest BCUT2D eigenvalue weighted by Crippen LogP contribution is 2.26. The summed E-state index contributed by atoms with van der Waals surface area (Å²) in [6, 6.07) is 7.71. The molecule has 0 unspecified atom stereocenters. The van der Waals surface area contributed by atoms with Gasteiger partial charge >= 0.3 is 0 Å². The molecule has 7 heteroatoms. The summed E-state index contributed by atoms with van der Waals surface area (Å²) in [5.74, 6) is -0.298. The molecule has 0 spiro atoms. The fraction of sp³-hybridized carbons (Fsp3) is 0.0833. The highest BCUT2D eigenvalue weighted by atomic mass is 35.5. The number of nitrogen functional groups attached to an aromatic ring is 1. The van der Waals surface area contributed by atoms with E-state index in [9.17, 15) is 8.42 Å². The second kappa shape index (κ2) is 5.36. The molecule has 0 aliphatic rings. The molecule has 0 fully saturated rings. The van der Waals surface area contributed by atoms with Crippen LogP contribution in [0.1, 0.15) is 5.56 Å². The average Bonchev–Trinajstić information content (AvgIpc) is 2.34. The summed E-state index contributed by atoms with van der Waals surface area (Å²) in [5, 5.41) is 0.608. The van der Waals surface area contributed by atoms with Gasteiger partial charge < -0.3 is 5.73 Å². The lowest BCUT2D eigenvalue weighted by Crippen LogP contribution is -2.10. The maximum Gasteiger partial charge on any atom is 0.201 e. The van der Waals surface area contributed by atoms with E-state index in [4.69, 9.17) is 28.9 Å². The Morgan fingerprint density at radius 2 is 1.95 bits per heavy atom. The maximum atomic E-state index is 12.2. The molecule has 2 rings (SSSR count). The lowest BCUT2D eigenvalue weighted by molar-refractivity contribution is 0.592. The third-order valence-electron chi connectivity index (χ3n) is 2.45. The average molecular weight is 317 g/mol. The van der Waals surface area contributed by atoms with Crippen LogP contribution in [0.5, 0.6) is 0 Å². The Labute approximate surface area is 121 Å². The summed E-state index contributed by atoms with van der Waals surface area (Å²) in [6.07, 6.45) is 1.38. The smallest absolute Gasteiger partial charge is 0.201 e. The number of halogens is 2. The maximum absolute atomic E-state index is 12.2. The number of aromatic nitrogens is 1. The molecule has 0 aliphatic carbocycles. The largest absolute Gasteiger partial charge is 0.396 e. The number of hydrogen-bond donors (Lipinski definition) is 1. The van der Waals surface area contributed by atoms with Crippen molar-refractivity contribution in [2.45, 2.75) is 10.8 Å². The standard InChI is InChI=1S/C12H10Cl2N2O2S/c13-9-3-4-10(14)8(6-9)7-19(17,18)12-11(15)2-1-5-16-12/h1-6H,7,15H2. The second-order valence-corrected chi connectivity index (χ2v) is 6.64. The van der Waals surface area contributed by atoms with Crippen molar-refractivity contribution in [1.29, 1.82) is 0 Å². The van der Waals surface area contributed by atoms with Crippen LogP contribution in [0, 0.1) is 0 Å². The third-order valence-corrected chi connectivity index (χ3v) is 4.67. The third kappa shape index (κ3) is 3.18. The van der Waals surface area contributed by atoms with Crippen LogP contribution in [0.2, 0.25) is 10.0 Å². The van der Waals surface area contributed by atoms with Gasteiger partial charge in [-0.15, -0.1) is 0 Å². The molecule has 19 heavy (non-hydrogen) atoms. The van der Waals surface area contributed by atoms with Crippen LogP contribution in [0.25, 0.3) is 0 Å². The Kier molecular flexibility index (Phi) is 3.99. The van der Waals surface area contributed by atoms with Crippen LogP contribution in [0.4, 0.5) is 5.69 Å². The van der Waals surface area contributed by atoms with E-state index in [2.05, 4.69) is 4.98 Å². The normalized spacial score (nSPS) is 11.5. The number of anilines is 1. The quantitative estimate of drug-likeness (QED) is 0.944. The zero-order valence-corrected chi connectivity index (χ0v) is 12.0. The predicted molar refractivity (Wildman–Crippen MR) is 76.0 cm³/mol. The Balaban J connectivity index is 2.43. The minimum atomic E-state index is -3.66. The minimum absolute atomic E-state index is 0.112. The van der Waals surface area contributed by atoms with E-state index in [1.165, 1.54) is 18.3 Å². The van der Waals surface area contributed by atoms with Crippen molar-refractivity contribution < 1.29 is 8.42 Å². The molecular formula is C12H10Cl2N2O2S. The first-order valence-corrected chi connectivity index (χ1v) is 7.68. The zero-order chi connectivity index (χ0) is 14.0. The molecule has 4 nitrogen and oxygen atoms in total. The van der Waals surface area contributed by atoms with Crippen molar-refractivity contribution in [3.8, 4) is 0 Å². The molecular weight excluding hydrogens is 307 g/mol. The number of nitrogens with two attached hydrogens (primary N) is 1. The number of benzene rings is 1. The van der Waals surface area contributed by atoms with Gasteiger partial charge in [-0.05, 0) is 35.9 Å². The lowest BCUT2D eigenvalue weighted by atomic mass is 10.2. The predicted octanol–water partition coefficient (Wildman–Crippen LogP) is 2.94. The Morgan fingerprint density at radius 3 is 2.63 bits per heavy atom. The lowest BCUT2D eigenvalue weighted by Gasteiger charge is -2.08. The van der Waals surface area contributed by atoms with E-state index in [0.29, 0.717) is 15.6 Å². The van der Waals surface area contributed by atoms with Gasteiger partial charge in [-0.3, -0.25) is 0 Å². The summed E-state index contributed by atoms with van der Waals surface area (Å²) in [7, 11) is -3.66. The fourth-order valence-corrected chi connectivity index (χ4v) is 3.48. The number of hydrogen-bond acceptors (Lipinski definition) is 4. The molecule has 0 radical (unpaired) electrons. The van der Waals surface area contributed by atoms with Gasteiger partial charge in [0.25, 0.3) is 0 Å². The van der Waals surface area contributed by atoms with Gasteiger partial charge in [0, 0.05) is 16.2 Å². The molecule has 0 aliphatic heterocycles. The van der Waals surface area contributed by atoms with E-state index >= 15 is 0 Å². The van der Waals surface area contributed by atoms with E-state index < -0.39 is 9.84 Å². The number of sulfone groups is 1. The first kappa shape index (κ1) is 14.1. The molecule has 1 aromatic carbocycles. The van der Waals surface area contributed by atoms with Crippen LogP contribution >= 0.6 is 23.2 Å². The van der Waals surface area contributed by atoms with Gasteiger partial charge in [0.15, 0.2) is 5.03 Å². The van der Waals surface area contributed by atoms with Crippen LogP contribution < -0.4 is 5.73 Å². The van der Waals surface area contributed by atoms with Crippen molar-refractivity contribution in [3.63, 3.8) is 0 Å². The SMILES string of the molecule is Nc1cccnc1S(=O)(=O)Cc1cc(Cl)ccc1Cl. The summed E-state index contributed by atoms with van der Waals surface area (Å²) < 4.78 is 24.5. The van der Waals surface area contributed by atoms with E-state index in [-0.39, 0.29) is 16.5 Å². The molecule has 0 saturated carbocycles. The summed E-state index contributed by atoms with van der Waals surface area (Å²) in [5.41, 5.74) is 6.16.